The van der Waals surface area contributed by atoms with Crippen molar-refractivity contribution in [2.45, 2.75) is 37.8 Å². The molecular formula is C26H29FN6O. The highest BCUT2D eigenvalue weighted by Gasteiger charge is 2.27. The van der Waals surface area contributed by atoms with Crippen LogP contribution in [0.4, 0.5) is 16.0 Å². The van der Waals surface area contributed by atoms with Crippen molar-refractivity contribution >= 4 is 17.3 Å². The number of benzene rings is 2. The fourth-order valence-corrected chi connectivity index (χ4v) is 4.60. The number of ether oxygens (including phenoxy) is 1. The average molecular weight is 461 g/mol. The van der Waals surface area contributed by atoms with Gasteiger partial charge in [0, 0.05) is 48.6 Å². The molecule has 0 spiro atoms. The minimum absolute atomic E-state index is 0.149. The van der Waals surface area contributed by atoms with Crippen LogP contribution in [-0.4, -0.2) is 52.9 Å². The predicted octanol–water partition coefficient (Wildman–Crippen LogP) is 3.54. The second-order valence-electron chi connectivity index (χ2n) is 9.11. The fraction of sp³-hybridized carbons (Fsp3) is 0.346. The molecule has 0 bridgehead atoms. The van der Waals surface area contributed by atoms with Crippen molar-refractivity contribution in [3.05, 3.63) is 65.6 Å². The van der Waals surface area contributed by atoms with E-state index >= 15 is 0 Å². The molecule has 8 heteroatoms. The molecule has 0 aliphatic carbocycles. The first kappa shape index (κ1) is 22.4. The van der Waals surface area contributed by atoms with E-state index in [0.717, 1.165) is 65.5 Å². The topological polar surface area (TPSA) is 103 Å². The Kier molecular flexibility index (Phi) is 6.26. The Morgan fingerprint density at radius 2 is 2.00 bits per heavy atom. The van der Waals surface area contributed by atoms with Gasteiger partial charge >= 0.3 is 0 Å². The third kappa shape index (κ3) is 4.93. The van der Waals surface area contributed by atoms with E-state index in [1.807, 2.05) is 24.3 Å². The molecule has 3 heterocycles. The molecule has 2 aliphatic rings. The normalized spacial score (nSPS) is 17.3. The number of aromatic nitrogens is 2. The van der Waals surface area contributed by atoms with Gasteiger partial charge in [0.15, 0.2) is 0 Å². The molecule has 1 atom stereocenters. The number of nitrogen functional groups attached to an aromatic ring is 1. The van der Waals surface area contributed by atoms with Crippen LogP contribution in [0.3, 0.4) is 0 Å². The maximum absolute atomic E-state index is 13.6. The smallest absolute Gasteiger partial charge is 0.220 e. The van der Waals surface area contributed by atoms with Crippen LogP contribution < -0.4 is 16.2 Å². The largest absolute Gasteiger partial charge is 0.490 e. The van der Waals surface area contributed by atoms with Crippen LogP contribution in [0.15, 0.2) is 53.7 Å². The van der Waals surface area contributed by atoms with Crippen LogP contribution >= 0.6 is 0 Å². The number of nitrogens with zero attached hydrogens (tertiary/aromatic N) is 4. The van der Waals surface area contributed by atoms with Crippen LogP contribution in [-0.2, 0) is 12.8 Å². The van der Waals surface area contributed by atoms with Crippen molar-refractivity contribution < 1.29 is 9.13 Å². The molecule has 4 N–H and O–H groups in total. The standard InChI is InChI=1S/C26H29FN6O/c1-33-9-6-19(7-10-33)34-25-14-17(22-5-8-30-26(29)32-22)13-23-20(25)15-24(31-23)21(28)12-16-3-2-4-18(27)11-16/h2-5,8,11,13-14,19,21H,6-7,9-10,12,15,28H2,1H3,(H2,29,30,32). The molecule has 7 nitrogen and oxygen atoms in total. The molecule has 1 fully saturated rings. The molecular weight excluding hydrogens is 431 g/mol. The second kappa shape index (κ2) is 9.48. The first-order valence-corrected chi connectivity index (χ1v) is 11.6. The van der Waals surface area contributed by atoms with Crippen LogP contribution in [0, 0.1) is 5.82 Å². The number of fused-ring (bicyclic) bond motifs is 1. The van der Waals surface area contributed by atoms with Crippen molar-refractivity contribution in [2.24, 2.45) is 10.7 Å². The van der Waals surface area contributed by atoms with Gasteiger partial charge in [-0.05, 0) is 62.2 Å². The molecule has 0 saturated carbocycles. The molecule has 176 valence electrons. The maximum atomic E-state index is 13.6. The summed E-state index contributed by atoms with van der Waals surface area (Å²) < 4.78 is 20.2. The lowest BCUT2D eigenvalue weighted by atomic mass is 9.97. The Hall–Kier alpha value is -3.36. The van der Waals surface area contributed by atoms with Gasteiger partial charge in [0.1, 0.15) is 17.7 Å². The summed E-state index contributed by atoms with van der Waals surface area (Å²) in [6.07, 6.45) is 4.87. The van der Waals surface area contributed by atoms with Crippen molar-refractivity contribution in [1.82, 2.24) is 14.9 Å². The third-order valence-electron chi connectivity index (χ3n) is 6.51. The molecule has 0 radical (unpaired) electrons. The molecule has 2 aromatic carbocycles. The number of anilines is 1. The summed E-state index contributed by atoms with van der Waals surface area (Å²) in [7, 11) is 2.13. The van der Waals surface area contributed by atoms with Gasteiger partial charge in [0.05, 0.1) is 11.4 Å². The van der Waals surface area contributed by atoms with Gasteiger partial charge in [0.2, 0.25) is 5.95 Å². The van der Waals surface area contributed by atoms with Gasteiger partial charge < -0.3 is 21.1 Å². The van der Waals surface area contributed by atoms with E-state index in [1.54, 1.807) is 12.3 Å². The molecule has 2 aliphatic heterocycles. The molecule has 1 unspecified atom stereocenters. The number of hydrogen-bond donors (Lipinski definition) is 2. The maximum Gasteiger partial charge on any atom is 0.220 e. The molecule has 34 heavy (non-hydrogen) atoms. The Morgan fingerprint density at radius 3 is 2.76 bits per heavy atom. The van der Waals surface area contributed by atoms with E-state index in [0.29, 0.717) is 12.8 Å². The molecule has 1 aromatic heterocycles. The number of hydrogen-bond acceptors (Lipinski definition) is 7. The summed E-state index contributed by atoms with van der Waals surface area (Å²) in [6.45, 7) is 2.02. The van der Waals surface area contributed by atoms with E-state index in [9.17, 15) is 4.39 Å². The highest BCUT2D eigenvalue weighted by molar-refractivity contribution is 5.99. The minimum Gasteiger partial charge on any atom is -0.490 e. The zero-order chi connectivity index (χ0) is 23.7. The lowest BCUT2D eigenvalue weighted by Gasteiger charge is -2.30. The van der Waals surface area contributed by atoms with Crippen LogP contribution in [0.25, 0.3) is 11.3 Å². The van der Waals surface area contributed by atoms with Crippen molar-refractivity contribution in [1.29, 1.82) is 0 Å². The van der Waals surface area contributed by atoms with E-state index in [-0.39, 0.29) is 23.9 Å². The van der Waals surface area contributed by atoms with Crippen LogP contribution in [0.1, 0.15) is 24.0 Å². The number of likely N-dealkylation sites (tertiary alicyclic amines) is 1. The van der Waals surface area contributed by atoms with Gasteiger partial charge in [-0.2, -0.15) is 0 Å². The minimum atomic E-state index is -0.316. The van der Waals surface area contributed by atoms with Gasteiger partial charge in [0.25, 0.3) is 0 Å². The van der Waals surface area contributed by atoms with Gasteiger partial charge in [-0.15, -0.1) is 0 Å². The predicted molar refractivity (Wildman–Crippen MR) is 132 cm³/mol. The van der Waals surface area contributed by atoms with Gasteiger partial charge in [-0.1, -0.05) is 12.1 Å². The Bertz CT molecular complexity index is 1220. The first-order valence-electron chi connectivity index (χ1n) is 11.6. The van der Waals surface area contributed by atoms with E-state index in [2.05, 4.69) is 21.9 Å². The van der Waals surface area contributed by atoms with Gasteiger partial charge in [-0.25, -0.2) is 14.4 Å². The Labute approximate surface area is 198 Å². The van der Waals surface area contributed by atoms with E-state index < -0.39 is 0 Å². The van der Waals surface area contributed by atoms with Crippen molar-refractivity contribution in [3.63, 3.8) is 0 Å². The molecule has 5 rings (SSSR count). The quantitative estimate of drug-likeness (QED) is 0.583. The third-order valence-corrected chi connectivity index (χ3v) is 6.51. The summed E-state index contributed by atoms with van der Waals surface area (Å²) in [5.74, 6) is 0.775. The fourth-order valence-electron chi connectivity index (χ4n) is 4.60. The summed E-state index contributed by atoms with van der Waals surface area (Å²) >= 11 is 0. The Balaban J connectivity index is 1.45. The summed E-state index contributed by atoms with van der Waals surface area (Å²) in [4.78, 5) is 15.6. The lowest BCUT2D eigenvalue weighted by Crippen LogP contribution is -2.36. The number of rotatable bonds is 6. The summed E-state index contributed by atoms with van der Waals surface area (Å²) in [6, 6.07) is 12.1. The lowest BCUT2D eigenvalue weighted by molar-refractivity contribution is 0.113. The number of nitrogens with two attached hydrogens (primary N) is 2. The Morgan fingerprint density at radius 1 is 1.18 bits per heavy atom. The number of aliphatic imine (C=N–C) groups is 1. The van der Waals surface area contributed by atoms with Crippen molar-refractivity contribution in [2.75, 3.05) is 25.9 Å². The summed E-state index contributed by atoms with van der Waals surface area (Å²) in [5, 5.41) is 0. The van der Waals surface area contributed by atoms with Crippen LogP contribution in [0.2, 0.25) is 0 Å². The summed E-state index contributed by atoms with van der Waals surface area (Å²) in [5.41, 5.74) is 17.5. The monoisotopic (exact) mass is 460 g/mol. The second-order valence-corrected chi connectivity index (χ2v) is 9.11. The van der Waals surface area contributed by atoms with E-state index in [4.69, 9.17) is 21.2 Å². The zero-order valence-corrected chi connectivity index (χ0v) is 19.2. The first-order chi connectivity index (χ1) is 16.4. The average Bonchev–Trinajstić information content (AvgIpc) is 3.25. The molecule has 3 aromatic rings. The van der Waals surface area contributed by atoms with Crippen molar-refractivity contribution in [3.8, 4) is 17.0 Å². The number of piperidine rings is 1. The molecule has 0 amide bonds. The number of halogens is 1. The SMILES string of the molecule is CN1CCC(Oc2cc(-c3ccnc(N)n3)cc3c2CC(C(N)Cc2cccc(F)c2)=N3)CC1. The highest BCUT2D eigenvalue weighted by Crippen LogP contribution is 2.40. The van der Waals surface area contributed by atoms with Gasteiger partial charge in [-0.3, -0.25) is 4.99 Å². The molecule has 1 saturated heterocycles. The zero-order valence-electron chi connectivity index (χ0n) is 19.2. The van der Waals surface area contributed by atoms with Crippen LogP contribution in [0.5, 0.6) is 5.75 Å². The van der Waals surface area contributed by atoms with E-state index in [1.165, 1.54) is 12.1 Å². The highest BCUT2D eigenvalue weighted by atomic mass is 19.1.